The lowest BCUT2D eigenvalue weighted by Crippen LogP contribution is -2.59. The van der Waals surface area contributed by atoms with Gasteiger partial charge in [0.1, 0.15) is 5.82 Å². The van der Waals surface area contributed by atoms with Crippen LogP contribution in [0.15, 0.2) is 18.2 Å². The Bertz CT molecular complexity index is 935. The van der Waals surface area contributed by atoms with Crippen LogP contribution in [0.2, 0.25) is 5.02 Å². The van der Waals surface area contributed by atoms with Crippen molar-refractivity contribution in [1.82, 2.24) is 9.62 Å². The molecule has 0 bridgehead atoms. The molecule has 1 aromatic rings. The maximum absolute atomic E-state index is 13.8. The summed E-state index contributed by atoms with van der Waals surface area (Å²) in [5.41, 5.74) is 0.691. The number of halogens is 2. The molecule has 2 heterocycles. The van der Waals surface area contributed by atoms with Gasteiger partial charge in [0, 0.05) is 31.6 Å². The fourth-order valence-electron chi connectivity index (χ4n) is 4.75. The predicted molar refractivity (Wildman–Crippen MR) is 122 cm³/mol. The van der Waals surface area contributed by atoms with Crippen LogP contribution in [0.3, 0.4) is 0 Å². The number of sulfonamides is 1. The third-order valence-corrected chi connectivity index (χ3v) is 7.68. The van der Waals surface area contributed by atoms with Crippen LogP contribution in [0.4, 0.5) is 10.1 Å². The van der Waals surface area contributed by atoms with Crippen LogP contribution in [-0.2, 0) is 19.6 Å². The van der Waals surface area contributed by atoms with Gasteiger partial charge in [0.25, 0.3) is 0 Å². The number of carbonyl (C=O) groups is 1. The lowest BCUT2D eigenvalue weighted by molar-refractivity contribution is -0.139. The Morgan fingerprint density at radius 2 is 1.91 bits per heavy atom. The molecule has 2 saturated heterocycles. The summed E-state index contributed by atoms with van der Waals surface area (Å²) in [6.45, 7) is 2.32. The zero-order chi connectivity index (χ0) is 22.9. The topological polar surface area (TPSA) is 79.0 Å². The number of nitrogens with zero attached hydrogens (tertiary/aromatic N) is 2. The first kappa shape index (κ1) is 23.7. The first-order valence-electron chi connectivity index (χ1n) is 11.3. The van der Waals surface area contributed by atoms with Crippen molar-refractivity contribution in [2.45, 2.75) is 56.7 Å². The molecule has 0 radical (unpaired) electrons. The molecule has 1 amide bonds. The van der Waals surface area contributed by atoms with Crippen molar-refractivity contribution in [2.75, 3.05) is 37.4 Å². The number of nitrogens with one attached hydrogen (secondary N) is 1. The van der Waals surface area contributed by atoms with E-state index in [1.165, 1.54) is 6.07 Å². The standard InChI is InChI=1S/C22H31ClFN3O4S/c1-32(29,30)25-18-5-3-11-27(22(28)15-7-8-15)20(18)14-31-16-9-12-26(13-10-16)19-6-2-4-17(24)21(19)23/h2,4,6,15-16,18,20,25H,3,5,7-14H2,1H3/t18-,20-/m0/s1. The number of amides is 1. The monoisotopic (exact) mass is 487 g/mol. The zero-order valence-corrected chi connectivity index (χ0v) is 19.9. The molecule has 1 N–H and O–H groups in total. The summed E-state index contributed by atoms with van der Waals surface area (Å²) in [7, 11) is -3.39. The first-order chi connectivity index (χ1) is 15.2. The number of hydrogen-bond acceptors (Lipinski definition) is 5. The lowest BCUT2D eigenvalue weighted by atomic mass is 9.96. The van der Waals surface area contributed by atoms with Gasteiger partial charge in [0.15, 0.2) is 0 Å². The lowest BCUT2D eigenvalue weighted by Gasteiger charge is -2.42. The minimum absolute atomic E-state index is 0.00253. The number of rotatable bonds is 7. The molecular formula is C22H31ClFN3O4S. The van der Waals surface area contributed by atoms with Gasteiger partial charge in [-0.1, -0.05) is 17.7 Å². The second kappa shape index (κ2) is 9.83. The molecule has 3 fully saturated rings. The quantitative estimate of drug-likeness (QED) is 0.639. The largest absolute Gasteiger partial charge is 0.376 e. The molecule has 178 valence electrons. The average molecular weight is 488 g/mol. The molecule has 1 aliphatic carbocycles. The zero-order valence-electron chi connectivity index (χ0n) is 18.3. The Hall–Kier alpha value is -1.42. The molecule has 0 spiro atoms. The second-order valence-electron chi connectivity index (χ2n) is 9.10. The van der Waals surface area contributed by atoms with E-state index in [0.29, 0.717) is 38.3 Å². The Morgan fingerprint density at radius 3 is 2.56 bits per heavy atom. The summed E-state index contributed by atoms with van der Waals surface area (Å²) >= 11 is 6.13. The summed E-state index contributed by atoms with van der Waals surface area (Å²) < 4.78 is 46.5. The van der Waals surface area contributed by atoms with Crippen LogP contribution in [0, 0.1) is 11.7 Å². The van der Waals surface area contributed by atoms with E-state index in [2.05, 4.69) is 9.62 Å². The number of anilines is 1. The maximum atomic E-state index is 13.8. The maximum Gasteiger partial charge on any atom is 0.226 e. The average Bonchev–Trinajstić information content (AvgIpc) is 3.59. The Labute approximate surface area is 194 Å². The van der Waals surface area contributed by atoms with Gasteiger partial charge in [-0.05, 0) is 50.7 Å². The third-order valence-electron chi connectivity index (χ3n) is 6.57. The van der Waals surface area contributed by atoms with Crippen LogP contribution in [0.5, 0.6) is 0 Å². The van der Waals surface area contributed by atoms with E-state index in [0.717, 1.165) is 38.4 Å². The van der Waals surface area contributed by atoms with Gasteiger partial charge in [-0.25, -0.2) is 17.5 Å². The molecule has 10 heteroatoms. The first-order valence-corrected chi connectivity index (χ1v) is 13.6. The fraction of sp³-hybridized carbons (Fsp3) is 0.682. The minimum atomic E-state index is -3.39. The highest BCUT2D eigenvalue weighted by Gasteiger charge is 2.41. The van der Waals surface area contributed by atoms with Crippen LogP contribution in [-0.4, -0.2) is 69.9 Å². The van der Waals surface area contributed by atoms with Gasteiger partial charge in [0.05, 0.1) is 35.7 Å². The van der Waals surface area contributed by atoms with Crippen molar-refractivity contribution in [1.29, 1.82) is 0 Å². The number of ether oxygens (including phenoxy) is 1. The van der Waals surface area contributed by atoms with E-state index in [1.54, 1.807) is 6.07 Å². The number of piperidine rings is 2. The summed E-state index contributed by atoms with van der Waals surface area (Å²) in [4.78, 5) is 16.7. The molecule has 0 unspecified atom stereocenters. The van der Waals surface area contributed by atoms with Gasteiger partial charge in [-0.15, -0.1) is 0 Å². The highest BCUT2D eigenvalue weighted by atomic mass is 35.5. The van der Waals surface area contributed by atoms with Crippen molar-refractivity contribution >= 4 is 33.2 Å². The van der Waals surface area contributed by atoms with E-state index < -0.39 is 15.8 Å². The van der Waals surface area contributed by atoms with Crippen molar-refractivity contribution in [2.24, 2.45) is 5.92 Å². The SMILES string of the molecule is CS(=O)(=O)N[C@H]1CCCN(C(=O)C2CC2)[C@H]1COC1CCN(c2cccc(F)c2Cl)CC1. The van der Waals surface area contributed by atoms with E-state index in [9.17, 15) is 17.6 Å². The molecule has 1 saturated carbocycles. The molecule has 0 aromatic heterocycles. The summed E-state index contributed by atoms with van der Waals surface area (Å²) in [5, 5.41) is 0.137. The van der Waals surface area contributed by atoms with Gasteiger partial charge in [-0.3, -0.25) is 4.79 Å². The highest BCUT2D eigenvalue weighted by molar-refractivity contribution is 7.88. The van der Waals surface area contributed by atoms with Crippen LogP contribution < -0.4 is 9.62 Å². The normalized spacial score (nSPS) is 25.2. The summed E-state index contributed by atoms with van der Waals surface area (Å²) in [6, 6.07) is 4.18. The van der Waals surface area contributed by atoms with E-state index >= 15 is 0 Å². The van der Waals surface area contributed by atoms with Gasteiger partial charge < -0.3 is 14.5 Å². The van der Waals surface area contributed by atoms with E-state index in [1.807, 2.05) is 11.0 Å². The number of likely N-dealkylation sites (tertiary alicyclic amines) is 1. The predicted octanol–water partition coefficient (Wildman–Crippen LogP) is 2.78. The molecule has 7 nitrogen and oxygen atoms in total. The molecule has 2 atom stereocenters. The van der Waals surface area contributed by atoms with Crippen molar-refractivity contribution in [3.8, 4) is 0 Å². The van der Waals surface area contributed by atoms with E-state index in [4.69, 9.17) is 16.3 Å². The Balaban J connectivity index is 1.37. The number of carbonyl (C=O) groups excluding carboxylic acids is 1. The number of hydrogen-bond donors (Lipinski definition) is 1. The fourth-order valence-corrected chi connectivity index (χ4v) is 5.82. The molecular weight excluding hydrogens is 457 g/mol. The number of benzene rings is 1. The smallest absolute Gasteiger partial charge is 0.226 e. The Morgan fingerprint density at radius 1 is 1.19 bits per heavy atom. The van der Waals surface area contributed by atoms with E-state index in [-0.39, 0.29) is 35.0 Å². The Kier molecular flexibility index (Phi) is 7.29. The molecule has 3 aliphatic rings. The van der Waals surface area contributed by atoms with Crippen LogP contribution in [0.25, 0.3) is 0 Å². The molecule has 32 heavy (non-hydrogen) atoms. The summed E-state index contributed by atoms with van der Waals surface area (Å²) in [6.07, 6.45) is 5.93. The van der Waals surface area contributed by atoms with Crippen molar-refractivity contribution < 1.29 is 22.3 Å². The van der Waals surface area contributed by atoms with Gasteiger partial charge >= 0.3 is 0 Å². The van der Waals surface area contributed by atoms with Crippen LogP contribution >= 0.6 is 11.6 Å². The molecule has 4 rings (SSSR count). The summed E-state index contributed by atoms with van der Waals surface area (Å²) in [5.74, 6) is -0.229. The van der Waals surface area contributed by atoms with Crippen LogP contribution in [0.1, 0.15) is 38.5 Å². The molecule has 1 aromatic carbocycles. The third kappa shape index (κ3) is 5.73. The molecule has 2 aliphatic heterocycles. The van der Waals surface area contributed by atoms with Gasteiger partial charge in [0.2, 0.25) is 15.9 Å². The highest BCUT2D eigenvalue weighted by Crippen LogP contribution is 2.34. The van der Waals surface area contributed by atoms with Gasteiger partial charge in [-0.2, -0.15) is 0 Å². The van der Waals surface area contributed by atoms with Crippen molar-refractivity contribution in [3.63, 3.8) is 0 Å². The van der Waals surface area contributed by atoms with Crippen molar-refractivity contribution in [3.05, 3.63) is 29.0 Å². The minimum Gasteiger partial charge on any atom is -0.376 e. The second-order valence-corrected chi connectivity index (χ2v) is 11.3.